The highest BCUT2D eigenvalue weighted by molar-refractivity contribution is 6.22. The minimum atomic E-state index is -5.00. The predicted molar refractivity (Wildman–Crippen MR) is 79.0 cm³/mol. The van der Waals surface area contributed by atoms with E-state index in [2.05, 4.69) is 15.5 Å². The van der Waals surface area contributed by atoms with Crippen molar-refractivity contribution in [1.82, 2.24) is 25.1 Å². The maximum atomic E-state index is 13.0. The molecule has 1 saturated heterocycles. The number of ketones is 1. The van der Waals surface area contributed by atoms with Gasteiger partial charge >= 0.3 is 6.18 Å². The molecule has 1 aromatic heterocycles. The number of allylic oxidation sites excluding steroid dienone is 1. The molecule has 0 bridgehead atoms. The number of alkyl halides is 3. The summed E-state index contributed by atoms with van der Waals surface area (Å²) in [5.41, 5.74) is -0.0851. The van der Waals surface area contributed by atoms with Crippen LogP contribution < -0.4 is 0 Å². The SMILES string of the molecule is O=C(/C(=C/N1CCCC1)c1nnnn1-c1ccccc1)C(F)(F)F. The van der Waals surface area contributed by atoms with Crippen molar-refractivity contribution in [1.29, 1.82) is 0 Å². The van der Waals surface area contributed by atoms with Gasteiger partial charge in [-0.2, -0.15) is 17.9 Å². The lowest BCUT2D eigenvalue weighted by Crippen LogP contribution is -2.27. The first-order valence-electron chi connectivity index (χ1n) is 7.38. The van der Waals surface area contributed by atoms with Crippen LogP contribution in [0.25, 0.3) is 11.3 Å². The summed E-state index contributed by atoms with van der Waals surface area (Å²) in [5, 5.41) is 10.8. The Hall–Kier alpha value is -2.71. The van der Waals surface area contributed by atoms with Crippen molar-refractivity contribution in [3.63, 3.8) is 0 Å². The molecule has 0 saturated carbocycles. The van der Waals surface area contributed by atoms with Crippen molar-refractivity contribution < 1.29 is 18.0 Å². The Morgan fingerprint density at radius 3 is 2.42 bits per heavy atom. The lowest BCUT2D eigenvalue weighted by atomic mass is 10.1. The summed E-state index contributed by atoms with van der Waals surface area (Å²) in [4.78, 5) is 13.6. The van der Waals surface area contributed by atoms with Crippen molar-refractivity contribution in [3.8, 4) is 5.69 Å². The Morgan fingerprint density at radius 1 is 1.12 bits per heavy atom. The molecule has 0 amide bonds. The molecule has 9 heteroatoms. The second-order valence-corrected chi connectivity index (χ2v) is 5.36. The van der Waals surface area contributed by atoms with Crippen LogP contribution >= 0.6 is 0 Å². The van der Waals surface area contributed by atoms with Crippen LogP contribution in [0.5, 0.6) is 0 Å². The minimum absolute atomic E-state index is 0.226. The highest BCUT2D eigenvalue weighted by atomic mass is 19.4. The number of carbonyl (C=O) groups excluding carboxylic acids is 1. The first kappa shape index (κ1) is 16.2. The van der Waals surface area contributed by atoms with E-state index in [-0.39, 0.29) is 5.82 Å². The number of hydrogen-bond donors (Lipinski definition) is 0. The van der Waals surface area contributed by atoms with E-state index in [0.29, 0.717) is 18.8 Å². The fourth-order valence-corrected chi connectivity index (χ4v) is 2.52. The Bertz CT molecular complexity index is 748. The average molecular weight is 337 g/mol. The molecule has 126 valence electrons. The van der Waals surface area contributed by atoms with Crippen LogP contribution in [0.3, 0.4) is 0 Å². The van der Waals surface area contributed by atoms with Gasteiger partial charge in [-0.05, 0) is 35.4 Å². The van der Waals surface area contributed by atoms with Gasteiger partial charge in [-0.15, -0.1) is 5.10 Å². The zero-order valence-electron chi connectivity index (χ0n) is 12.6. The van der Waals surface area contributed by atoms with Gasteiger partial charge in [-0.1, -0.05) is 18.2 Å². The Kier molecular flexibility index (Phi) is 4.32. The minimum Gasteiger partial charge on any atom is -0.377 e. The molecule has 3 rings (SSSR count). The topological polar surface area (TPSA) is 63.9 Å². The highest BCUT2D eigenvalue weighted by Crippen LogP contribution is 2.27. The summed E-state index contributed by atoms with van der Waals surface area (Å²) < 4.78 is 40.2. The fraction of sp³-hybridized carbons (Fsp3) is 0.333. The van der Waals surface area contributed by atoms with Crippen LogP contribution in [0.4, 0.5) is 13.2 Å². The van der Waals surface area contributed by atoms with E-state index < -0.39 is 17.5 Å². The summed E-state index contributed by atoms with van der Waals surface area (Å²) in [6.07, 6.45) is -2.05. The molecule has 0 atom stereocenters. The number of benzene rings is 1. The monoisotopic (exact) mass is 337 g/mol. The lowest BCUT2D eigenvalue weighted by Gasteiger charge is -2.15. The van der Waals surface area contributed by atoms with Crippen LogP contribution in [-0.4, -0.2) is 50.2 Å². The van der Waals surface area contributed by atoms with Gasteiger partial charge in [-0.3, -0.25) is 4.79 Å². The van der Waals surface area contributed by atoms with Crippen LogP contribution in [0.1, 0.15) is 18.7 Å². The summed E-state index contributed by atoms with van der Waals surface area (Å²) in [6.45, 7) is 1.20. The van der Waals surface area contributed by atoms with Gasteiger partial charge in [0.15, 0.2) is 5.82 Å². The first-order valence-corrected chi connectivity index (χ1v) is 7.38. The summed E-state index contributed by atoms with van der Waals surface area (Å²) in [7, 11) is 0. The van der Waals surface area contributed by atoms with E-state index >= 15 is 0 Å². The van der Waals surface area contributed by atoms with E-state index in [9.17, 15) is 18.0 Å². The zero-order chi connectivity index (χ0) is 17.2. The van der Waals surface area contributed by atoms with Crippen LogP contribution in [0.2, 0.25) is 0 Å². The molecule has 0 aliphatic carbocycles. The van der Waals surface area contributed by atoms with E-state index in [0.717, 1.165) is 17.5 Å². The van der Waals surface area contributed by atoms with Gasteiger partial charge in [0.2, 0.25) is 0 Å². The molecular weight excluding hydrogens is 323 g/mol. The van der Waals surface area contributed by atoms with E-state index in [4.69, 9.17) is 0 Å². The van der Waals surface area contributed by atoms with Gasteiger partial charge in [0.1, 0.15) is 0 Å². The third-order valence-corrected chi connectivity index (χ3v) is 3.67. The predicted octanol–water partition coefficient (Wildman–Crippen LogP) is 2.23. The number of likely N-dealkylation sites (tertiary alicyclic amines) is 1. The van der Waals surface area contributed by atoms with Crippen molar-refractivity contribution in [2.45, 2.75) is 19.0 Å². The Morgan fingerprint density at radius 2 is 1.79 bits per heavy atom. The second kappa shape index (κ2) is 6.42. The van der Waals surface area contributed by atoms with Crippen molar-refractivity contribution in [2.24, 2.45) is 0 Å². The second-order valence-electron chi connectivity index (χ2n) is 5.36. The number of carbonyl (C=O) groups is 1. The van der Waals surface area contributed by atoms with Gasteiger partial charge in [0.25, 0.3) is 5.78 Å². The molecule has 0 radical (unpaired) electrons. The zero-order valence-corrected chi connectivity index (χ0v) is 12.6. The normalized spacial score (nSPS) is 15.8. The standard InChI is InChI=1S/C15H14F3N5O/c16-15(17,18)13(24)12(10-22-8-4-5-9-22)14-19-20-21-23(14)11-6-2-1-3-7-11/h1-3,6-7,10H,4-5,8-9H2/b12-10-. The quantitative estimate of drug-likeness (QED) is 0.801. The Labute approximate surface area is 135 Å². The van der Waals surface area contributed by atoms with Gasteiger partial charge in [0, 0.05) is 19.3 Å². The number of tetrazole rings is 1. The maximum Gasteiger partial charge on any atom is 0.455 e. The molecule has 1 aromatic carbocycles. The molecule has 0 unspecified atom stereocenters. The van der Waals surface area contributed by atoms with E-state index in [1.54, 1.807) is 35.2 Å². The third kappa shape index (κ3) is 3.29. The van der Waals surface area contributed by atoms with Gasteiger partial charge < -0.3 is 4.90 Å². The lowest BCUT2D eigenvalue weighted by molar-refractivity contribution is -0.164. The van der Waals surface area contributed by atoms with Crippen molar-refractivity contribution in [3.05, 3.63) is 42.4 Å². The summed E-state index contributed by atoms with van der Waals surface area (Å²) in [6, 6.07) is 8.46. The van der Waals surface area contributed by atoms with Crippen molar-refractivity contribution >= 4 is 11.4 Å². The van der Waals surface area contributed by atoms with Crippen LogP contribution in [0, 0.1) is 0 Å². The number of hydrogen-bond acceptors (Lipinski definition) is 5. The molecule has 2 heterocycles. The molecule has 6 nitrogen and oxygen atoms in total. The largest absolute Gasteiger partial charge is 0.455 e. The molecule has 1 aliphatic rings. The molecule has 1 fully saturated rings. The number of rotatable bonds is 4. The number of halogens is 3. The molecule has 1 aliphatic heterocycles. The van der Waals surface area contributed by atoms with Gasteiger partial charge in [-0.25, -0.2) is 0 Å². The summed E-state index contributed by atoms with van der Waals surface area (Å²) >= 11 is 0. The number of nitrogens with zero attached hydrogens (tertiary/aromatic N) is 5. The molecule has 24 heavy (non-hydrogen) atoms. The average Bonchev–Trinajstić information content (AvgIpc) is 3.23. The third-order valence-electron chi connectivity index (χ3n) is 3.67. The van der Waals surface area contributed by atoms with Crippen LogP contribution in [0.15, 0.2) is 36.5 Å². The first-order chi connectivity index (χ1) is 11.5. The van der Waals surface area contributed by atoms with Crippen LogP contribution in [-0.2, 0) is 4.79 Å². The molecular formula is C15H14F3N5O. The molecule has 2 aromatic rings. The Balaban J connectivity index is 2.07. The maximum absolute atomic E-state index is 13.0. The van der Waals surface area contributed by atoms with Crippen molar-refractivity contribution in [2.75, 3.05) is 13.1 Å². The van der Waals surface area contributed by atoms with E-state index in [1.807, 2.05) is 0 Å². The fourth-order valence-electron chi connectivity index (χ4n) is 2.52. The number of aromatic nitrogens is 4. The molecule has 0 N–H and O–H groups in total. The smallest absolute Gasteiger partial charge is 0.377 e. The van der Waals surface area contributed by atoms with E-state index in [1.165, 1.54) is 6.20 Å². The molecule has 0 spiro atoms. The number of para-hydroxylation sites is 1. The summed E-state index contributed by atoms with van der Waals surface area (Å²) in [5.74, 6) is -2.18. The van der Waals surface area contributed by atoms with Gasteiger partial charge in [0.05, 0.1) is 11.3 Å². The highest BCUT2D eigenvalue weighted by Gasteiger charge is 2.43. The number of Topliss-reactive ketones (excluding diaryl/α,β-unsaturated/α-hetero) is 1.